The van der Waals surface area contributed by atoms with Crippen molar-refractivity contribution in [1.82, 2.24) is 0 Å². The van der Waals surface area contributed by atoms with Gasteiger partial charge in [0.1, 0.15) is 0 Å². The standard InChI is InChI=1S/C25H25NO3S2/c1-16-2-5-18(6-3-16)30-19-7-9-23-21(13-19)24(29)20-12-17(4-8-22(20)31-23)10-11-25(26,14-27)15-28/h2-9,12-13,27-28H,10-11,14-15,26H2,1H3. The lowest BCUT2D eigenvalue weighted by atomic mass is 9.93. The molecule has 0 atom stereocenters. The summed E-state index contributed by atoms with van der Waals surface area (Å²) < 4.78 is 1.92. The molecule has 4 rings (SSSR count). The molecule has 4 aromatic rings. The van der Waals surface area contributed by atoms with Crippen LogP contribution in [0, 0.1) is 6.92 Å². The number of fused-ring (bicyclic) bond motifs is 2. The molecule has 1 heterocycles. The summed E-state index contributed by atoms with van der Waals surface area (Å²) in [6.45, 7) is 1.51. The van der Waals surface area contributed by atoms with Crippen molar-refractivity contribution in [1.29, 1.82) is 0 Å². The summed E-state index contributed by atoms with van der Waals surface area (Å²) in [5.74, 6) is 0. The van der Waals surface area contributed by atoms with Crippen LogP contribution in [0.15, 0.2) is 75.2 Å². The van der Waals surface area contributed by atoms with Gasteiger partial charge in [0.2, 0.25) is 0 Å². The molecule has 160 valence electrons. The topological polar surface area (TPSA) is 83.6 Å². The van der Waals surface area contributed by atoms with Crippen molar-refractivity contribution in [2.24, 2.45) is 5.73 Å². The fourth-order valence-electron chi connectivity index (χ4n) is 3.45. The van der Waals surface area contributed by atoms with Gasteiger partial charge in [0.05, 0.1) is 18.8 Å². The molecule has 0 aliphatic rings. The summed E-state index contributed by atoms with van der Waals surface area (Å²) in [5.41, 5.74) is 7.20. The molecule has 31 heavy (non-hydrogen) atoms. The fraction of sp³-hybridized carbons (Fsp3) is 0.240. The van der Waals surface area contributed by atoms with E-state index >= 15 is 0 Å². The molecule has 0 bridgehead atoms. The van der Waals surface area contributed by atoms with E-state index in [9.17, 15) is 15.0 Å². The zero-order valence-electron chi connectivity index (χ0n) is 17.3. The van der Waals surface area contributed by atoms with Gasteiger partial charge in [-0.25, -0.2) is 0 Å². The Balaban J connectivity index is 1.68. The second kappa shape index (κ2) is 9.10. The maximum Gasteiger partial charge on any atom is 0.195 e. The van der Waals surface area contributed by atoms with Gasteiger partial charge in [-0.1, -0.05) is 35.5 Å². The number of benzene rings is 3. The lowest BCUT2D eigenvalue weighted by Gasteiger charge is -2.24. The number of nitrogens with two attached hydrogens (primary N) is 1. The quantitative estimate of drug-likeness (QED) is 0.361. The summed E-state index contributed by atoms with van der Waals surface area (Å²) >= 11 is 3.26. The van der Waals surface area contributed by atoms with Crippen LogP contribution in [0.1, 0.15) is 17.5 Å². The first kappa shape index (κ1) is 22.0. The minimum atomic E-state index is -1.01. The Kier molecular flexibility index (Phi) is 6.46. The molecule has 0 unspecified atom stereocenters. The highest BCUT2D eigenvalue weighted by molar-refractivity contribution is 7.99. The normalized spacial score (nSPS) is 12.0. The van der Waals surface area contributed by atoms with Crippen LogP contribution < -0.4 is 11.2 Å². The third kappa shape index (κ3) is 4.84. The molecule has 1 aromatic heterocycles. The molecule has 6 heteroatoms. The summed E-state index contributed by atoms with van der Waals surface area (Å²) in [5, 5.41) is 20.2. The van der Waals surface area contributed by atoms with Gasteiger partial charge in [0.15, 0.2) is 5.43 Å². The minimum absolute atomic E-state index is 0.0280. The van der Waals surface area contributed by atoms with Crippen LogP contribution in [-0.4, -0.2) is 29.0 Å². The van der Waals surface area contributed by atoms with E-state index in [1.807, 2.05) is 30.3 Å². The van der Waals surface area contributed by atoms with Crippen molar-refractivity contribution < 1.29 is 10.2 Å². The summed E-state index contributed by atoms with van der Waals surface area (Å²) in [7, 11) is 0. The Morgan fingerprint density at radius 1 is 0.903 bits per heavy atom. The van der Waals surface area contributed by atoms with Gasteiger partial charge in [-0.2, -0.15) is 0 Å². The highest BCUT2D eigenvalue weighted by atomic mass is 32.2. The summed E-state index contributed by atoms with van der Waals surface area (Å²) in [6, 6.07) is 20.3. The van der Waals surface area contributed by atoms with Crippen molar-refractivity contribution in [3.05, 3.63) is 82.0 Å². The minimum Gasteiger partial charge on any atom is -0.394 e. The Morgan fingerprint density at radius 2 is 1.52 bits per heavy atom. The lowest BCUT2D eigenvalue weighted by molar-refractivity contribution is 0.115. The van der Waals surface area contributed by atoms with Crippen LogP contribution in [0.4, 0.5) is 0 Å². The van der Waals surface area contributed by atoms with E-state index < -0.39 is 5.54 Å². The Bertz CT molecular complexity index is 1280. The van der Waals surface area contributed by atoms with Crippen molar-refractivity contribution in [3.63, 3.8) is 0 Å². The Labute approximate surface area is 189 Å². The second-order valence-corrected chi connectivity index (χ2v) is 10.2. The molecule has 0 fully saturated rings. The Morgan fingerprint density at radius 3 is 2.19 bits per heavy atom. The molecule has 3 aromatic carbocycles. The summed E-state index contributed by atoms with van der Waals surface area (Å²) in [6.07, 6.45) is 1.02. The third-order valence-corrected chi connectivity index (χ3v) is 7.65. The first-order chi connectivity index (χ1) is 14.9. The first-order valence-electron chi connectivity index (χ1n) is 10.2. The molecular weight excluding hydrogens is 426 g/mol. The van der Waals surface area contributed by atoms with Gasteiger partial charge >= 0.3 is 0 Å². The average molecular weight is 452 g/mol. The second-order valence-electron chi connectivity index (χ2n) is 8.01. The molecule has 0 amide bonds. The number of aliphatic hydroxyl groups excluding tert-OH is 2. The highest BCUT2D eigenvalue weighted by Gasteiger charge is 2.22. The van der Waals surface area contributed by atoms with Crippen molar-refractivity contribution in [3.8, 4) is 0 Å². The average Bonchev–Trinajstić information content (AvgIpc) is 2.80. The van der Waals surface area contributed by atoms with Crippen LogP contribution in [-0.2, 0) is 6.42 Å². The smallest absolute Gasteiger partial charge is 0.195 e. The largest absolute Gasteiger partial charge is 0.394 e. The van der Waals surface area contributed by atoms with Gasteiger partial charge < -0.3 is 15.9 Å². The predicted molar refractivity (Wildman–Crippen MR) is 130 cm³/mol. The number of aliphatic hydroxyl groups is 2. The molecule has 0 radical (unpaired) electrons. The van der Waals surface area contributed by atoms with Crippen LogP contribution in [0.25, 0.3) is 20.2 Å². The number of hydrogen-bond donors (Lipinski definition) is 3. The molecule has 4 N–H and O–H groups in total. The zero-order chi connectivity index (χ0) is 22.0. The van der Waals surface area contributed by atoms with Crippen molar-refractivity contribution in [2.75, 3.05) is 13.2 Å². The molecular formula is C25H25NO3S2. The van der Waals surface area contributed by atoms with E-state index in [1.165, 1.54) is 5.56 Å². The molecule has 0 aliphatic carbocycles. The van der Waals surface area contributed by atoms with Gasteiger partial charge in [0.25, 0.3) is 0 Å². The number of hydrogen-bond acceptors (Lipinski definition) is 6. The monoisotopic (exact) mass is 451 g/mol. The highest BCUT2D eigenvalue weighted by Crippen LogP contribution is 2.32. The summed E-state index contributed by atoms with van der Waals surface area (Å²) in [4.78, 5) is 15.5. The van der Waals surface area contributed by atoms with Gasteiger partial charge in [-0.15, -0.1) is 11.3 Å². The molecule has 0 saturated heterocycles. The number of aryl methyl sites for hydroxylation is 2. The number of rotatable bonds is 7. The maximum absolute atomic E-state index is 13.3. The Hall–Kier alpha value is -2.22. The van der Waals surface area contributed by atoms with Crippen LogP contribution in [0.5, 0.6) is 0 Å². The molecule has 4 nitrogen and oxygen atoms in total. The molecule has 0 aliphatic heterocycles. The maximum atomic E-state index is 13.3. The van der Waals surface area contributed by atoms with Gasteiger partial charge in [0, 0.05) is 30.0 Å². The van der Waals surface area contributed by atoms with Gasteiger partial charge in [-0.3, -0.25) is 4.79 Å². The fourth-order valence-corrected chi connectivity index (χ4v) is 5.33. The van der Waals surface area contributed by atoms with E-state index in [-0.39, 0.29) is 18.6 Å². The predicted octanol–water partition coefficient (Wildman–Crippen LogP) is 4.49. The van der Waals surface area contributed by atoms with Crippen LogP contribution in [0.2, 0.25) is 0 Å². The van der Waals surface area contributed by atoms with Crippen LogP contribution in [0.3, 0.4) is 0 Å². The molecule has 0 spiro atoms. The van der Waals surface area contributed by atoms with Gasteiger partial charge in [-0.05, 0) is 67.8 Å². The lowest BCUT2D eigenvalue weighted by Crippen LogP contribution is -2.47. The van der Waals surface area contributed by atoms with Crippen molar-refractivity contribution in [2.45, 2.75) is 35.1 Å². The van der Waals surface area contributed by atoms with E-state index in [4.69, 9.17) is 5.73 Å². The zero-order valence-corrected chi connectivity index (χ0v) is 18.9. The SMILES string of the molecule is Cc1ccc(Sc2ccc3sc4ccc(CCC(N)(CO)CO)cc4c(=O)c3c2)cc1. The third-order valence-electron chi connectivity index (χ3n) is 5.50. The van der Waals surface area contributed by atoms with Crippen LogP contribution >= 0.6 is 23.1 Å². The first-order valence-corrected chi connectivity index (χ1v) is 11.8. The van der Waals surface area contributed by atoms with E-state index in [2.05, 4.69) is 37.3 Å². The molecule has 0 saturated carbocycles. The van der Waals surface area contributed by atoms with Crippen molar-refractivity contribution >= 4 is 43.3 Å². The van der Waals surface area contributed by atoms with E-state index in [0.717, 1.165) is 30.1 Å². The van der Waals surface area contributed by atoms with E-state index in [0.29, 0.717) is 18.2 Å². The van der Waals surface area contributed by atoms with E-state index in [1.54, 1.807) is 23.1 Å².